The van der Waals surface area contributed by atoms with Gasteiger partial charge in [-0.1, -0.05) is 30.3 Å². The van der Waals surface area contributed by atoms with Crippen LogP contribution in [-0.4, -0.2) is 33.1 Å². The Bertz CT molecular complexity index is 930. The second-order valence-electron chi connectivity index (χ2n) is 6.10. The number of rotatable bonds is 5. The summed E-state index contributed by atoms with van der Waals surface area (Å²) in [6.45, 7) is 5.49. The van der Waals surface area contributed by atoms with Crippen LogP contribution in [0.15, 0.2) is 42.6 Å². The molecule has 0 saturated carbocycles. The number of aromatic nitrogens is 3. The molecule has 6 nitrogen and oxygen atoms in total. The first-order valence-electron chi connectivity index (χ1n) is 8.07. The molecule has 0 saturated heterocycles. The summed E-state index contributed by atoms with van der Waals surface area (Å²) in [5.41, 5.74) is 2.21. The van der Waals surface area contributed by atoms with Crippen LogP contribution >= 0.6 is 0 Å². The molecule has 0 unspecified atom stereocenters. The van der Waals surface area contributed by atoms with Crippen molar-refractivity contribution < 1.29 is 14.3 Å². The second kappa shape index (κ2) is 6.84. The molecule has 3 rings (SSSR count). The molecule has 0 fully saturated rings. The number of benzene rings is 1. The van der Waals surface area contributed by atoms with Crippen LogP contribution in [0, 0.1) is 6.92 Å². The fraction of sp³-hybridized carbons (Fsp3) is 0.263. The van der Waals surface area contributed by atoms with Gasteiger partial charge in [0.05, 0.1) is 17.1 Å². The van der Waals surface area contributed by atoms with Crippen LogP contribution < -0.4 is 0 Å². The lowest BCUT2D eigenvalue weighted by Gasteiger charge is -2.09. The number of ether oxygens (including phenoxy) is 1. The monoisotopic (exact) mass is 337 g/mol. The summed E-state index contributed by atoms with van der Waals surface area (Å²) in [6.07, 6.45) is 1.61. The van der Waals surface area contributed by atoms with E-state index in [1.54, 1.807) is 41.2 Å². The van der Waals surface area contributed by atoms with E-state index in [4.69, 9.17) is 4.74 Å². The van der Waals surface area contributed by atoms with E-state index in [1.165, 1.54) is 0 Å². The molecule has 0 aliphatic carbocycles. The predicted molar refractivity (Wildman–Crippen MR) is 93.7 cm³/mol. The van der Waals surface area contributed by atoms with Crippen molar-refractivity contribution in [2.75, 3.05) is 6.61 Å². The van der Waals surface area contributed by atoms with Gasteiger partial charge in [-0.15, -0.1) is 0 Å². The zero-order valence-electron chi connectivity index (χ0n) is 14.4. The molecular formula is C19H19N3O3. The molecule has 2 heterocycles. The Morgan fingerprint density at radius 1 is 1.20 bits per heavy atom. The van der Waals surface area contributed by atoms with E-state index in [9.17, 15) is 9.59 Å². The van der Waals surface area contributed by atoms with Crippen LogP contribution in [0.1, 0.15) is 46.3 Å². The predicted octanol–water partition coefficient (Wildman–Crippen LogP) is 3.36. The summed E-state index contributed by atoms with van der Waals surface area (Å²) < 4.78 is 6.98. The number of ketones is 1. The van der Waals surface area contributed by atoms with Gasteiger partial charge >= 0.3 is 5.97 Å². The molecule has 25 heavy (non-hydrogen) atoms. The number of nitrogens with zero attached hydrogens (tertiary/aromatic N) is 3. The highest BCUT2D eigenvalue weighted by atomic mass is 16.5. The molecule has 0 spiro atoms. The third-order valence-corrected chi connectivity index (χ3v) is 3.83. The minimum Gasteiger partial charge on any atom is -0.454 e. The number of esters is 1. The van der Waals surface area contributed by atoms with Crippen molar-refractivity contribution in [1.82, 2.24) is 14.8 Å². The molecule has 0 aliphatic rings. The Balaban J connectivity index is 1.84. The van der Waals surface area contributed by atoms with E-state index in [1.807, 2.05) is 26.8 Å². The van der Waals surface area contributed by atoms with Crippen LogP contribution in [0.2, 0.25) is 0 Å². The fourth-order valence-electron chi connectivity index (χ4n) is 2.61. The molecule has 3 aromatic rings. The van der Waals surface area contributed by atoms with Crippen LogP contribution in [0.25, 0.3) is 11.0 Å². The van der Waals surface area contributed by atoms with Crippen LogP contribution in [0.3, 0.4) is 0 Å². The highest BCUT2D eigenvalue weighted by molar-refractivity contribution is 6.04. The summed E-state index contributed by atoms with van der Waals surface area (Å²) in [5.74, 6) is -0.795. The minimum absolute atomic E-state index is 0.121. The van der Waals surface area contributed by atoms with Crippen molar-refractivity contribution in [3.8, 4) is 0 Å². The molecular weight excluding hydrogens is 318 g/mol. The van der Waals surface area contributed by atoms with Crippen molar-refractivity contribution in [3.05, 3.63) is 59.4 Å². The first kappa shape index (κ1) is 16.8. The van der Waals surface area contributed by atoms with Crippen molar-refractivity contribution in [1.29, 1.82) is 0 Å². The first-order chi connectivity index (χ1) is 12.0. The molecule has 6 heteroatoms. The topological polar surface area (TPSA) is 74.1 Å². The van der Waals surface area contributed by atoms with Gasteiger partial charge in [0, 0.05) is 17.3 Å². The Hall–Kier alpha value is -3.02. The second-order valence-corrected chi connectivity index (χ2v) is 6.10. The van der Waals surface area contributed by atoms with E-state index >= 15 is 0 Å². The lowest BCUT2D eigenvalue weighted by Crippen LogP contribution is -2.15. The molecule has 2 aromatic heterocycles. The lowest BCUT2D eigenvalue weighted by molar-refractivity contribution is 0.0476. The normalized spacial score (nSPS) is 11.0. The molecule has 128 valence electrons. The first-order valence-corrected chi connectivity index (χ1v) is 8.07. The SMILES string of the molecule is Cc1cc(C(=O)OCC(=O)c2ccccc2)c2cnn(C(C)C)c2n1. The third kappa shape index (κ3) is 3.42. The highest BCUT2D eigenvalue weighted by Gasteiger charge is 2.19. The zero-order valence-corrected chi connectivity index (χ0v) is 14.4. The van der Waals surface area contributed by atoms with Gasteiger partial charge in [-0.25, -0.2) is 14.5 Å². The van der Waals surface area contributed by atoms with E-state index in [0.29, 0.717) is 27.9 Å². The zero-order chi connectivity index (χ0) is 18.0. The number of carbonyl (C=O) groups excluding carboxylic acids is 2. The van der Waals surface area contributed by atoms with Crippen LogP contribution in [0.4, 0.5) is 0 Å². The van der Waals surface area contributed by atoms with Gasteiger partial charge in [-0.2, -0.15) is 5.10 Å². The number of aryl methyl sites for hydroxylation is 1. The van der Waals surface area contributed by atoms with E-state index in [-0.39, 0.29) is 18.4 Å². The van der Waals surface area contributed by atoms with Crippen LogP contribution in [-0.2, 0) is 4.74 Å². The third-order valence-electron chi connectivity index (χ3n) is 3.83. The Labute approximate surface area is 145 Å². The Kier molecular flexibility index (Phi) is 4.61. The molecule has 0 N–H and O–H groups in total. The maximum absolute atomic E-state index is 12.5. The standard InChI is InChI=1S/C19H19N3O3/c1-12(2)22-18-16(10-20-22)15(9-13(3)21-18)19(24)25-11-17(23)14-7-5-4-6-8-14/h4-10,12H,11H2,1-3H3. The maximum Gasteiger partial charge on any atom is 0.339 e. The van der Waals surface area contributed by atoms with Gasteiger partial charge in [0.25, 0.3) is 0 Å². The molecule has 0 atom stereocenters. The number of carbonyl (C=O) groups is 2. The summed E-state index contributed by atoms with van der Waals surface area (Å²) in [7, 11) is 0. The summed E-state index contributed by atoms with van der Waals surface area (Å²) in [5, 5.41) is 4.92. The maximum atomic E-state index is 12.5. The number of fused-ring (bicyclic) bond motifs is 1. The largest absolute Gasteiger partial charge is 0.454 e. The Morgan fingerprint density at radius 3 is 2.60 bits per heavy atom. The van der Waals surface area contributed by atoms with Gasteiger partial charge in [-0.3, -0.25) is 4.79 Å². The average molecular weight is 337 g/mol. The van der Waals surface area contributed by atoms with Gasteiger partial charge in [0.1, 0.15) is 0 Å². The molecule has 0 amide bonds. The van der Waals surface area contributed by atoms with Gasteiger partial charge < -0.3 is 4.74 Å². The Morgan fingerprint density at radius 2 is 1.92 bits per heavy atom. The van der Waals surface area contributed by atoms with E-state index in [2.05, 4.69) is 10.1 Å². The van der Waals surface area contributed by atoms with Crippen molar-refractivity contribution in [2.24, 2.45) is 0 Å². The van der Waals surface area contributed by atoms with Gasteiger partial charge in [0.15, 0.2) is 18.0 Å². The number of Topliss-reactive ketones (excluding diaryl/α,β-unsaturated/α-hetero) is 1. The molecule has 0 bridgehead atoms. The molecule has 1 aromatic carbocycles. The minimum atomic E-state index is -0.553. The van der Waals surface area contributed by atoms with Crippen LogP contribution in [0.5, 0.6) is 0 Å². The number of hydrogen-bond acceptors (Lipinski definition) is 5. The van der Waals surface area contributed by atoms with Gasteiger partial charge in [-0.05, 0) is 26.8 Å². The smallest absolute Gasteiger partial charge is 0.339 e. The lowest BCUT2D eigenvalue weighted by atomic mass is 10.1. The summed E-state index contributed by atoms with van der Waals surface area (Å²) in [4.78, 5) is 29.1. The van der Waals surface area contributed by atoms with Gasteiger partial charge in [0.2, 0.25) is 0 Å². The summed E-state index contributed by atoms with van der Waals surface area (Å²) >= 11 is 0. The summed E-state index contributed by atoms with van der Waals surface area (Å²) in [6, 6.07) is 10.5. The van der Waals surface area contributed by atoms with E-state index in [0.717, 1.165) is 0 Å². The molecule has 0 radical (unpaired) electrons. The van der Waals surface area contributed by atoms with Crippen molar-refractivity contribution >= 4 is 22.8 Å². The van der Waals surface area contributed by atoms with Crippen molar-refractivity contribution in [3.63, 3.8) is 0 Å². The number of pyridine rings is 1. The van der Waals surface area contributed by atoms with Crippen molar-refractivity contribution in [2.45, 2.75) is 26.8 Å². The number of hydrogen-bond donors (Lipinski definition) is 0. The highest BCUT2D eigenvalue weighted by Crippen LogP contribution is 2.21. The fourth-order valence-corrected chi connectivity index (χ4v) is 2.61. The average Bonchev–Trinajstić information content (AvgIpc) is 3.03. The van der Waals surface area contributed by atoms with E-state index < -0.39 is 5.97 Å². The quantitative estimate of drug-likeness (QED) is 0.527. The molecule has 0 aliphatic heterocycles.